The minimum Gasteiger partial charge on any atom is -0.383 e. The molecule has 2 unspecified atom stereocenters. The van der Waals surface area contributed by atoms with E-state index in [-0.39, 0.29) is 0 Å². The monoisotopic (exact) mass is 302 g/mol. The molecule has 20 heavy (non-hydrogen) atoms. The van der Waals surface area contributed by atoms with Gasteiger partial charge in [0, 0.05) is 39.0 Å². The lowest BCUT2D eigenvalue weighted by Gasteiger charge is -2.43. The first-order chi connectivity index (χ1) is 9.62. The standard InChI is InChI=1S/C16H34N2OS/c1-15-6-5-7-16(12-15,13-17-8-10-19-3)14-18(2)9-11-20-4/h15,17H,5-14H2,1-4H3. The maximum absolute atomic E-state index is 5.14. The van der Waals surface area contributed by atoms with Gasteiger partial charge in [-0.05, 0) is 37.5 Å². The summed E-state index contributed by atoms with van der Waals surface area (Å²) in [5.74, 6) is 2.11. The van der Waals surface area contributed by atoms with E-state index in [1.807, 2.05) is 11.8 Å². The van der Waals surface area contributed by atoms with E-state index in [0.29, 0.717) is 5.41 Å². The van der Waals surface area contributed by atoms with Crippen molar-refractivity contribution in [1.29, 1.82) is 0 Å². The minimum absolute atomic E-state index is 0.471. The summed E-state index contributed by atoms with van der Waals surface area (Å²) in [7, 11) is 4.06. The number of hydrogen-bond acceptors (Lipinski definition) is 4. The van der Waals surface area contributed by atoms with Gasteiger partial charge >= 0.3 is 0 Å². The molecule has 2 atom stereocenters. The van der Waals surface area contributed by atoms with Gasteiger partial charge in [-0.15, -0.1) is 0 Å². The Morgan fingerprint density at radius 3 is 2.90 bits per heavy atom. The fourth-order valence-corrected chi connectivity index (χ4v) is 4.05. The first kappa shape index (κ1) is 18.3. The highest BCUT2D eigenvalue weighted by Gasteiger charge is 2.35. The average molecular weight is 303 g/mol. The third-order valence-electron chi connectivity index (χ3n) is 4.45. The number of thioether (sulfide) groups is 1. The van der Waals surface area contributed by atoms with E-state index in [9.17, 15) is 0 Å². The molecule has 0 saturated heterocycles. The highest BCUT2D eigenvalue weighted by atomic mass is 32.2. The van der Waals surface area contributed by atoms with Crippen LogP contribution < -0.4 is 5.32 Å². The van der Waals surface area contributed by atoms with Crippen LogP contribution in [0.3, 0.4) is 0 Å². The lowest BCUT2D eigenvalue weighted by Crippen LogP contribution is -2.46. The van der Waals surface area contributed by atoms with E-state index in [1.165, 1.54) is 44.5 Å². The summed E-state index contributed by atoms with van der Waals surface area (Å²) < 4.78 is 5.14. The lowest BCUT2D eigenvalue weighted by atomic mass is 9.69. The van der Waals surface area contributed by atoms with Gasteiger partial charge in [-0.1, -0.05) is 19.8 Å². The topological polar surface area (TPSA) is 24.5 Å². The second-order valence-corrected chi connectivity index (χ2v) is 7.59. The van der Waals surface area contributed by atoms with E-state index < -0.39 is 0 Å². The first-order valence-corrected chi connectivity index (χ1v) is 9.38. The Morgan fingerprint density at radius 1 is 1.45 bits per heavy atom. The van der Waals surface area contributed by atoms with E-state index in [0.717, 1.165) is 25.6 Å². The molecule has 0 aromatic heterocycles. The zero-order valence-electron chi connectivity index (χ0n) is 13.9. The van der Waals surface area contributed by atoms with Crippen molar-refractivity contribution < 1.29 is 4.74 Å². The van der Waals surface area contributed by atoms with Crippen molar-refractivity contribution in [3.8, 4) is 0 Å². The molecule has 1 aliphatic rings. The van der Waals surface area contributed by atoms with Crippen LogP contribution in [0.5, 0.6) is 0 Å². The van der Waals surface area contributed by atoms with Crippen molar-refractivity contribution in [2.75, 3.05) is 59.0 Å². The van der Waals surface area contributed by atoms with Crippen molar-refractivity contribution in [2.24, 2.45) is 11.3 Å². The Labute approximate surface area is 130 Å². The molecule has 0 aromatic rings. The number of ether oxygens (including phenoxy) is 1. The summed E-state index contributed by atoms with van der Waals surface area (Å²) in [6.07, 6.45) is 7.74. The Hall–Kier alpha value is 0.230. The van der Waals surface area contributed by atoms with E-state index >= 15 is 0 Å². The maximum Gasteiger partial charge on any atom is 0.0587 e. The van der Waals surface area contributed by atoms with Gasteiger partial charge in [0.05, 0.1) is 6.61 Å². The predicted molar refractivity (Wildman–Crippen MR) is 90.7 cm³/mol. The van der Waals surface area contributed by atoms with Gasteiger partial charge < -0.3 is 15.0 Å². The molecule has 4 heteroatoms. The number of rotatable bonds is 10. The van der Waals surface area contributed by atoms with Crippen LogP contribution in [0.2, 0.25) is 0 Å². The Morgan fingerprint density at radius 2 is 2.25 bits per heavy atom. The number of hydrogen-bond donors (Lipinski definition) is 1. The maximum atomic E-state index is 5.14. The predicted octanol–water partition coefficient (Wildman–Crippen LogP) is 2.71. The summed E-state index contributed by atoms with van der Waals surface area (Å²) in [6.45, 7) is 7.79. The molecular formula is C16H34N2OS. The first-order valence-electron chi connectivity index (χ1n) is 7.99. The van der Waals surface area contributed by atoms with Crippen molar-refractivity contribution in [3.05, 3.63) is 0 Å². The molecule has 120 valence electrons. The molecule has 1 rings (SSSR count). The van der Waals surface area contributed by atoms with Gasteiger partial charge in [0.15, 0.2) is 0 Å². The molecule has 0 spiro atoms. The van der Waals surface area contributed by atoms with E-state index in [1.54, 1.807) is 7.11 Å². The van der Waals surface area contributed by atoms with Gasteiger partial charge in [-0.25, -0.2) is 0 Å². The normalized spacial score (nSPS) is 27.1. The summed E-state index contributed by atoms with van der Waals surface area (Å²) in [4.78, 5) is 2.53. The van der Waals surface area contributed by atoms with E-state index in [4.69, 9.17) is 4.74 Å². The Bertz CT molecular complexity index is 253. The SMILES string of the molecule is COCCNCC1(CN(C)CCSC)CCCC(C)C1. The van der Waals surface area contributed by atoms with Gasteiger partial charge in [0.2, 0.25) is 0 Å². The van der Waals surface area contributed by atoms with Crippen LogP contribution in [0.1, 0.15) is 32.6 Å². The van der Waals surface area contributed by atoms with Gasteiger partial charge in [-0.2, -0.15) is 11.8 Å². The quantitative estimate of drug-likeness (QED) is 0.627. The summed E-state index contributed by atoms with van der Waals surface area (Å²) in [6, 6.07) is 0. The number of nitrogens with zero attached hydrogens (tertiary/aromatic N) is 1. The molecule has 0 aromatic carbocycles. The molecule has 1 aliphatic carbocycles. The second kappa shape index (κ2) is 10.0. The fourth-order valence-electron chi connectivity index (χ4n) is 3.56. The fraction of sp³-hybridized carbons (Fsp3) is 1.00. The molecule has 1 fully saturated rings. The minimum atomic E-state index is 0.471. The Balaban J connectivity index is 2.49. The van der Waals surface area contributed by atoms with Gasteiger partial charge in [-0.3, -0.25) is 0 Å². The second-order valence-electron chi connectivity index (χ2n) is 6.60. The lowest BCUT2D eigenvalue weighted by molar-refractivity contribution is 0.0915. The van der Waals surface area contributed by atoms with Gasteiger partial charge in [0.25, 0.3) is 0 Å². The van der Waals surface area contributed by atoms with Crippen LogP contribution in [0, 0.1) is 11.3 Å². The number of nitrogens with one attached hydrogen (secondary N) is 1. The smallest absolute Gasteiger partial charge is 0.0587 e. The van der Waals surface area contributed by atoms with Crippen LogP contribution in [0.25, 0.3) is 0 Å². The average Bonchev–Trinajstić information content (AvgIpc) is 2.41. The summed E-state index contributed by atoms with van der Waals surface area (Å²) in [5, 5.41) is 3.62. The van der Waals surface area contributed by atoms with Crippen LogP contribution >= 0.6 is 11.8 Å². The molecule has 3 nitrogen and oxygen atoms in total. The molecular weight excluding hydrogens is 268 g/mol. The molecule has 1 saturated carbocycles. The number of methoxy groups -OCH3 is 1. The molecule has 0 aliphatic heterocycles. The van der Waals surface area contributed by atoms with Crippen LogP contribution in [-0.4, -0.2) is 63.9 Å². The molecule has 1 N–H and O–H groups in total. The van der Waals surface area contributed by atoms with Crippen molar-refractivity contribution in [1.82, 2.24) is 10.2 Å². The highest BCUT2D eigenvalue weighted by Crippen LogP contribution is 2.39. The van der Waals surface area contributed by atoms with E-state index in [2.05, 4.69) is 30.4 Å². The van der Waals surface area contributed by atoms with Gasteiger partial charge in [0.1, 0.15) is 0 Å². The summed E-state index contributed by atoms with van der Waals surface area (Å²) in [5.41, 5.74) is 0.471. The third-order valence-corrected chi connectivity index (χ3v) is 5.04. The molecule has 0 bridgehead atoms. The van der Waals surface area contributed by atoms with Crippen molar-refractivity contribution in [3.63, 3.8) is 0 Å². The molecule has 0 radical (unpaired) electrons. The zero-order valence-corrected chi connectivity index (χ0v) is 14.7. The van der Waals surface area contributed by atoms with Crippen LogP contribution in [0.15, 0.2) is 0 Å². The van der Waals surface area contributed by atoms with Crippen LogP contribution in [0.4, 0.5) is 0 Å². The molecule has 0 heterocycles. The van der Waals surface area contributed by atoms with Crippen molar-refractivity contribution in [2.45, 2.75) is 32.6 Å². The highest BCUT2D eigenvalue weighted by molar-refractivity contribution is 7.98. The van der Waals surface area contributed by atoms with Crippen LogP contribution in [-0.2, 0) is 4.74 Å². The zero-order chi connectivity index (χ0) is 14.8. The summed E-state index contributed by atoms with van der Waals surface area (Å²) >= 11 is 1.94. The third kappa shape index (κ3) is 6.79. The molecule has 0 amide bonds. The van der Waals surface area contributed by atoms with Crippen molar-refractivity contribution >= 4 is 11.8 Å². The largest absolute Gasteiger partial charge is 0.383 e. The Kier molecular flexibility index (Phi) is 9.18.